The summed E-state index contributed by atoms with van der Waals surface area (Å²) in [6.45, 7) is 9.57. The van der Waals surface area contributed by atoms with E-state index >= 15 is 0 Å². The van der Waals surface area contributed by atoms with Gasteiger partial charge in [-0.3, -0.25) is 0 Å². The van der Waals surface area contributed by atoms with Crippen molar-refractivity contribution >= 4 is 102 Å². The number of hydrogen-bond donors (Lipinski definition) is 0. The molecule has 2 aliphatic rings. The molecule has 2 nitrogen and oxygen atoms in total. The van der Waals surface area contributed by atoms with E-state index in [1.165, 1.54) is 132 Å². The Morgan fingerprint density at radius 3 is 0.820 bits per heavy atom. The third-order valence-corrected chi connectivity index (χ3v) is 20.8. The van der Waals surface area contributed by atoms with Gasteiger partial charge in [0.2, 0.25) is 0 Å². The molecule has 0 N–H and O–H groups in total. The summed E-state index contributed by atoms with van der Waals surface area (Å²) < 4.78 is 0. The molecule has 0 fully saturated rings. The molecule has 476 valence electrons. The first-order valence-corrected chi connectivity index (χ1v) is 34.9. The number of fused-ring (bicyclic) bond motifs is 10. The summed E-state index contributed by atoms with van der Waals surface area (Å²) >= 11 is 0. The van der Waals surface area contributed by atoms with Gasteiger partial charge in [0.25, 0.3) is 0 Å². The minimum Gasteiger partial charge on any atom is -0.311 e. The lowest BCUT2D eigenvalue weighted by molar-refractivity contribution is 0.652. The second-order valence-electron chi connectivity index (χ2n) is 27.6. The van der Waals surface area contributed by atoms with E-state index in [2.05, 4.69) is 414 Å². The molecule has 0 saturated heterocycles. The Kier molecular flexibility index (Phi) is 15.7. The number of nitrogens with zero attached hydrogens (tertiary/aromatic N) is 2. The van der Waals surface area contributed by atoms with E-state index in [0.29, 0.717) is 0 Å². The van der Waals surface area contributed by atoms with Gasteiger partial charge in [0, 0.05) is 45.0 Å². The predicted octanol–water partition coefficient (Wildman–Crippen LogP) is 27.2. The maximum Gasteiger partial charge on any atom is 0.0462 e. The smallest absolute Gasteiger partial charge is 0.0462 e. The van der Waals surface area contributed by atoms with Gasteiger partial charge in [0.05, 0.1) is 0 Å². The van der Waals surface area contributed by atoms with Gasteiger partial charge in [-0.05, 0) is 229 Å². The molecule has 16 aromatic rings. The molecule has 0 radical (unpaired) electrons. The van der Waals surface area contributed by atoms with E-state index in [9.17, 15) is 0 Å². The third-order valence-electron chi connectivity index (χ3n) is 20.8. The van der Waals surface area contributed by atoms with Gasteiger partial charge in [-0.25, -0.2) is 0 Å². The van der Waals surface area contributed by atoms with Crippen molar-refractivity contribution < 1.29 is 0 Å². The lowest BCUT2D eigenvalue weighted by atomic mass is 9.79. The second-order valence-corrected chi connectivity index (χ2v) is 27.6. The fourth-order valence-corrected chi connectivity index (χ4v) is 15.7. The van der Waals surface area contributed by atoms with E-state index in [-0.39, 0.29) is 10.8 Å². The van der Waals surface area contributed by atoms with Crippen molar-refractivity contribution in [1.82, 2.24) is 0 Å². The summed E-state index contributed by atoms with van der Waals surface area (Å²) in [4.78, 5) is 4.60. The Morgan fingerprint density at radius 1 is 0.210 bits per heavy atom. The van der Waals surface area contributed by atoms with Crippen molar-refractivity contribution in [3.63, 3.8) is 0 Å². The maximum atomic E-state index is 2.51. The van der Waals surface area contributed by atoms with E-state index in [4.69, 9.17) is 0 Å². The highest BCUT2D eigenvalue weighted by Crippen LogP contribution is 2.57. The number of anilines is 6. The van der Waals surface area contributed by atoms with Gasteiger partial charge in [-0.15, -0.1) is 0 Å². The van der Waals surface area contributed by atoms with Crippen LogP contribution in [-0.2, 0) is 10.8 Å². The molecule has 0 bridgehead atoms. The third kappa shape index (κ3) is 11.2. The first-order chi connectivity index (χ1) is 49.1. The molecule has 0 atom stereocenters. The zero-order valence-corrected chi connectivity index (χ0v) is 56.7. The molecule has 18 rings (SSSR count). The van der Waals surface area contributed by atoms with Crippen molar-refractivity contribution in [1.29, 1.82) is 0 Å². The summed E-state index contributed by atoms with van der Waals surface area (Å²) in [5, 5.41) is 10.2. The van der Waals surface area contributed by atoms with Gasteiger partial charge < -0.3 is 9.80 Å². The molecule has 2 heteroatoms. The van der Waals surface area contributed by atoms with Gasteiger partial charge in [-0.1, -0.05) is 307 Å². The van der Waals surface area contributed by atoms with Crippen molar-refractivity contribution in [3.8, 4) is 44.5 Å². The highest BCUT2D eigenvalue weighted by molar-refractivity contribution is 6.22. The summed E-state index contributed by atoms with van der Waals surface area (Å²) in [6.07, 6.45) is 8.98. The molecule has 0 unspecified atom stereocenters. The van der Waals surface area contributed by atoms with Crippen LogP contribution in [-0.4, -0.2) is 0 Å². The van der Waals surface area contributed by atoms with Crippen molar-refractivity contribution in [3.05, 3.63) is 396 Å². The summed E-state index contributed by atoms with van der Waals surface area (Å²) in [6, 6.07) is 128. The summed E-state index contributed by atoms with van der Waals surface area (Å²) in [5.74, 6) is 0. The van der Waals surface area contributed by atoms with E-state index < -0.39 is 0 Å². The molecule has 16 aromatic carbocycles. The van der Waals surface area contributed by atoms with Crippen molar-refractivity contribution in [2.45, 2.75) is 38.5 Å². The molecule has 0 saturated carbocycles. The van der Waals surface area contributed by atoms with Crippen LogP contribution in [0.3, 0.4) is 0 Å². The van der Waals surface area contributed by atoms with Crippen LogP contribution in [0.25, 0.3) is 112 Å². The minimum absolute atomic E-state index is 0.131. The van der Waals surface area contributed by atoms with Gasteiger partial charge in [0.1, 0.15) is 0 Å². The highest BCUT2D eigenvalue weighted by Gasteiger charge is 2.42. The SMILES string of the molecule is CC1(C)c2cc(/C=C/c3ccc(N(c4ccccc4)c4ccccc4)cc3)ccc2-c2cc3c(cc21)-c1ccc(/C=C/c2ccc(N(c4ccccc4)c4ccccc4)cc2)cc1C3(C)C.c1ccc2cc(-c3c4ccccc4c(-c4ccc5ccccc5c4)c4ccccc34)ccc2c1. The van der Waals surface area contributed by atoms with Crippen LogP contribution in [0.2, 0.25) is 0 Å². The Bertz CT molecular complexity index is 5310. The fraction of sp³-hybridized carbons (Fsp3) is 0.0612. The number of rotatable bonds is 12. The Hall–Kier alpha value is -12.4. The van der Waals surface area contributed by atoms with E-state index in [0.717, 1.165) is 34.1 Å². The van der Waals surface area contributed by atoms with Crippen LogP contribution >= 0.6 is 0 Å². The number of para-hydroxylation sites is 4. The summed E-state index contributed by atoms with van der Waals surface area (Å²) in [7, 11) is 0. The van der Waals surface area contributed by atoms with Gasteiger partial charge in [-0.2, -0.15) is 0 Å². The monoisotopic (exact) mass is 1280 g/mol. The fourth-order valence-electron chi connectivity index (χ4n) is 15.7. The normalized spacial score (nSPS) is 13.1. The van der Waals surface area contributed by atoms with E-state index in [1.54, 1.807) is 0 Å². The van der Waals surface area contributed by atoms with E-state index in [1.807, 2.05) is 0 Å². The molecule has 0 heterocycles. The molecule has 0 aromatic heterocycles. The molecular formula is C98H74N2. The topological polar surface area (TPSA) is 6.48 Å². The molecule has 0 spiro atoms. The van der Waals surface area contributed by atoms with Crippen LogP contribution in [0.1, 0.15) is 72.2 Å². The predicted molar refractivity (Wildman–Crippen MR) is 429 cm³/mol. The van der Waals surface area contributed by atoms with Gasteiger partial charge in [0.15, 0.2) is 0 Å². The van der Waals surface area contributed by atoms with Crippen molar-refractivity contribution in [2.75, 3.05) is 9.80 Å². The van der Waals surface area contributed by atoms with Crippen molar-refractivity contribution in [2.24, 2.45) is 0 Å². The maximum absolute atomic E-state index is 2.51. The van der Waals surface area contributed by atoms with Crippen LogP contribution in [0.15, 0.2) is 352 Å². The lowest BCUT2D eigenvalue weighted by Crippen LogP contribution is -2.17. The number of benzene rings is 16. The van der Waals surface area contributed by atoms with Gasteiger partial charge >= 0.3 is 0 Å². The zero-order valence-electron chi connectivity index (χ0n) is 56.7. The first-order valence-electron chi connectivity index (χ1n) is 34.9. The van der Waals surface area contributed by atoms with Crippen LogP contribution in [0, 0.1) is 0 Å². The second kappa shape index (κ2) is 25.6. The zero-order chi connectivity index (χ0) is 67.3. The quantitative estimate of drug-likeness (QED) is 0.0889. The molecule has 0 amide bonds. The largest absolute Gasteiger partial charge is 0.311 e. The first kappa shape index (κ1) is 61.2. The number of hydrogen-bond acceptors (Lipinski definition) is 2. The standard InChI is InChI=1S/C64H52N2.C34H22/c1-63(2)59-41-47(27-25-45-29-35-53(36-30-45)65(49-17-9-5-10-18-49)50-19-11-6-12-20-50)33-39-55(59)57-44-62-58(43-61(57)63)56-40-34-48(42-60(56)64(62,3)4)28-26-46-31-37-54(38-32-46)66(51-21-13-7-14-22-51)52-23-15-8-16-24-52;1-3-11-25-21-27(19-17-23(25)9-1)33-29-13-5-7-15-31(29)34(32-16-8-6-14-30(32)33)28-20-18-24-10-2-4-12-26(24)22-28/h5-44H,1-4H3;1-22H/b27-25+,28-26+;. The summed E-state index contributed by atoms with van der Waals surface area (Å²) in [5.41, 5.74) is 27.5. The van der Waals surface area contributed by atoms with Crippen LogP contribution < -0.4 is 9.80 Å². The molecular weight excluding hydrogens is 1210 g/mol. The minimum atomic E-state index is -0.131. The average molecular weight is 1280 g/mol. The Morgan fingerprint density at radius 2 is 0.480 bits per heavy atom. The Labute approximate surface area is 587 Å². The Balaban J connectivity index is 0.000000183. The average Bonchev–Trinajstić information content (AvgIpc) is 1.50. The van der Waals surface area contributed by atoms with Crippen LogP contribution in [0.4, 0.5) is 34.1 Å². The highest BCUT2D eigenvalue weighted by atomic mass is 15.1. The lowest BCUT2D eigenvalue weighted by Gasteiger charge is -2.25. The molecule has 2 aliphatic carbocycles. The molecule has 0 aliphatic heterocycles. The molecule has 100 heavy (non-hydrogen) atoms. The van der Waals surface area contributed by atoms with Crippen LogP contribution in [0.5, 0.6) is 0 Å².